The summed E-state index contributed by atoms with van der Waals surface area (Å²) in [5.41, 5.74) is 0. The number of nitrogens with zero attached hydrogens (tertiary/aromatic N) is 1. The van der Waals surface area contributed by atoms with Crippen molar-refractivity contribution in [3.63, 3.8) is 0 Å². The van der Waals surface area contributed by atoms with E-state index in [9.17, 15) is 4.79 Å². The number of carbonyl (C=O) groups is 1. The summed E-state index contributed by atoms with van der Waals surface area (Å²) < 4.78 is 1.05. The van der Waals surface area contributed by atoms with Gasteiger partial charge >= 0.3 is 0 Å². The van der Waals surface area contributed by atoms with Gasteiger partial charge in [-0.2, -0.15) is 0 Å². The van der Waals surface area contributed by atoms with E-state index in [-0.39, 0.29) is 11.9 Å². The first kappa shape index (κ1) is 10.8. The highest BCUT2D eigenvalue weighted by Gasteiger charge is 2.26. The van der Waals surface area contributed by atoms with E-state index in [1.54, 1.807) is 11.3 Å². The molecule has 0 fully saturated rings. The van der Waals surface area contributed by atoms with Gasteiger partial charge in [0.1, 0.15) is 11.9 Å². The van der Waals surface area contributed by atoms with Crippen molar-refractivity contribution in [1.82, 2.24) is 5.32 Å². The zero-order valence-corrected chi connectivity index (χ0v) is 10.7. The highest BCUT2D eigenvalue weighted by molar-refractivity contribution is 9.11. The number of thiophene rings is 1. The molecule has 1 unspecified atom stereocenters. The van der Waals surface area contributed by atoms with Crippen molar-refractivity contribution in [2.45, 2.75) is 25.8 Å². The molecule has 1 aliphatic rings. The van der Waals surface area contributed by atoms with Gasteiger partial charge in [-0.05, 0) is 34.5 Å². The molecule has 5 heteroatoms. The van der Waals surface area contributed by atoms with E-state index in [2.05, 4.69) is 33.2 Å². The molecule has 2 heterocycles. The molecule has 3 nitrogen and oxygen atoms in total. The summed E-state index contributed by atoms with van der Waals surface area (Å²) in [5, 5.41) is 2.82. The first-order valence-electron chi connectivity index (χ1n) is 4.85. The van der Waals surface area contributed by atoms with Crippen molar-refractivity contribution < 1.29 is 4.79 Å². The number of carbonyl (C=O) groups excluding carboxylic acids is 1. The Morgan fingerprint density at radius 2 is 2.40 bits per heavy atom. The normalized spacial score (nSPS) is 20.3. The van der Waals surface area contributed by atoms with Gasteiger partial charge < -0.3 is 5.32 Å². The summed E-state index contributed by atoms with van der Waals surface area (Å²) in [5.74, 6) is 0.741. The maximum Gasteiger partial charge on any atom is 0.250 e. The van der Waals surface area contributed by atoms with E-state index in [4.69, 9.17) is 0 Å². The lowest BCUT2D eigenvalue weighted by atomic mass is 10.2. The third-order valence-corrected chi connectivity index (χ3v) is 3.83. The van der Waals surface area contributed by atoms with Gasteiger partial charge in [-0.3, -0.25) is 9.79 Å². The van der Waals surface area contributed by atoms with E-state index >= 15 is 0 Å². The maximum absolute atomic E-state index is 11.5. The summed E-state index contributed by atoms with van der Waals surface area (Å²) in [6, 6.07) is 3.73. The Kier molecular flexibility index (Phi) is 3.21. The van der Waals surface area contributed by atoms with Crippen molar-refractivity contribution in [2.24, 2.45) is 4.99 Å². The lowest BCUT2D eigenvalue weighted by Crippen LogP contribution is -2.28. The predicted molar refractivity (Wildman–Crippen MR) is 65.4 cm³/mol. The van der Waals surface area contributed by atoms with Gasteiger partial charge in [0.2, 0.25) is 5.91 Å². The lowest BCUT2D eigenvalue weighted by Gasteiger charge is -1.99. The van der Waals surface area contributed by atoms with Crippen molar-refractivity contribution in [3.8, 4) is 0 Å². The van der Waals surface area contributed by atoms with Crippen molar-refractivity contribution in [1.29, 1.82) is 0 Å². The number of halogens is 1. The molecule has 0 aliphatic carbocycles. The highest BCUT2D eigenvalue weighted by atomic mass is 79.9. The molecule has 1 atom stereocenters. The molecule has 15 heavy (non-hydrogen) atoms. The lowest BCUT2D eigenvalue weighted by molar-refractivity contribution is -0.120. The fourth-order valence-corrected chi connectivity index (χ4v) is 2.82. The molecule has 0 saturated carbocycles. The second-order valence-electron chi connectivity index (χ2n) is 3.38. The Hall–Kier alpha value is -0.680. The zero-order valence-electron chi connectivity index (χ0n) is 8.29. The molecule has 1 N–H and O–H groups in total. The van der Waals surface area contributed by atoms with Crippen LogP contribution in [0.15, 0.2) is 20.9 Å². The van der Waals surface area contributed by atoms with Gasteiger partial charge in [0, 0.05) is 0 Å². The molecule has 0 bridgehead atoms. The van der Waals surface area contributed by atoms with E-state index in [0.29, 0.717) is 5.84 Å². The standard InChI is InChI=1S/C10H11BrN2OS/c1-2-3-6-10(14)13-9(12-6)7-4-5-8(11)15-7/h4-6H,2-3H2,1H3,(H,12,13,14). The number of hydrogen-bond acceptors (Lipinski definition) is 3. The Bertz CT molecular complexity index is 413. The fourth-order valence-electron chi connectivity index (χ4n) is 1.48. The van der Waals surface area contributed by atoms with E-state index in [0.717, 1.165) is 21.5 Å². The van der Waals surface area contributed by atoms with Crippen LogP contribution in [0, 0.1) is 0 Å². The third-order valence-electron chi connectivity index (χ3n) is 2.20. The van der Waals surface area contributed by atoms with E-state index < -0.39 is 0 Å². The minimum Gasteiger partial charge on any atom is -0.308 e. The molecular weight excluding hydrogens is 276 g/mol. The van der Waals surface area contributed by atoms with Crippen LogP contribution in [0.25, 0.3) is 0 Å². The van der Waals surface area contributed by atoms with Gasteiger partial charge in [0.05, 0.1) is 8.66 Å². The predicted octanol–water partition coefficient (Wildman–Crippen LogP) is 2.56. The second-order valence-corrected chi connectivity index (χ2v) is 5.84. The molecule has 0 spiro atoms. The number of rotatable bonds is 3. The third kappa shape index (κ3) is 2.29. The Morgan fingerprint density at radius 1 is 1.60 bits per heavy atom. The van der Waals surface area contributed by atoms with Crippen LogP contribution in [0.1, 0.15) is 24.6 Å². The number of nitrogens with one attached hydrogen (secondary N) is 1. The van der Waals surface area contributed by atoms with Crippen molar-refractivity contribution in [3.05, 3.63) is 20.8 Å². The van der Waals surface area contributed by atoms with Gasteiger partial charge in [0.15, 0.2) is 0 Å². The van der Waals surface area contributed by atoms with Gasteiger partial charge in [-0.1, -0.05) is 13.3 Å². The average Bonchev–Trinajstić information content (AvgIpc) is 2.75. The molecule has 1 aromatic rings. The molecule has 1 amide bonds. The van der Waals surface area contributed by atoms with Crippen molar-refractivity contribution in [2.75, 3.05) is 0 Å². The topological polar surface area (TPSA) is 41.5 Å². The SMILES string of the molecule is CCCC1N=C(c2ccc(Br)s2)NC1=O. The van der Waals surface area contributed by atoms with Crippen LogP contribution in [0.5, 0.6) is 0 Å². The molecule has 80 valence electrons. The van der Waals surface area contributed by atoms with Gasteiger partial charge in [0.25, 0.3) is 0 Å². The van der Waals surface area contributed by atoms with Crippen LogP contribution >= 0.6 is 27.3 Å². The quantitative estimate of drug-likeness (QED) is 0.912. The maximum atomic E-state index is 11.5. The minimum atomic E-state index is -0.189. The van der Waals surface area contributed by atoms with Gasteiger partial charge in [-0.25, -0.2) is 0 Å². The molecule has 1 aromatic heterocycles. The monoisotopic (exact) mass is 286 g/mol. The molecule has 0 saturated heterocycles. The summed E-state index contributed by atoms with van der Waals surface area (Å²) in [6.07, 6.45) is 1.80. The van der Waals surface area contributed by atoms with E-state index in [1.165, 1.54) is 0 Å². The Labute approximate surface area is 101 Å². The highest BCUT2D eigenvalue weighted by Crippen LogP contribution is 2.24. The minimum absolute atomic E-state index is 0.0244. The molecule has 1 aliphatic heterocycles. The van der Waals surface area contributed by atoms with Crippen LogP contribution in [-0.4, -0.2) is 17.8 Å². The largest absolute Gasteiger partial charge is 0.308 e. The second kappa shape index (κ2) is 4.45. The van der Waals surface area contributed by atoms with Crippen LogP contribution in [0.2, 0.25) is 0 Å². The van der Waals surface area contributed by atoms with Crippen LogP contribution < -0.4 is 5.32 Å². The fraction of sp³-hybridized carbons (Fsp3) is 0.400. The first-order chi connectivity index (χ1) is 7.20. The number of aliphatic imine (C=N–C) groups is 1. The smallest absolute Gasteiger partial charge is 0.250 e. The van der Waals surface area contributed by atoms with Crippen molar-refractivity contribution >= 4 is 39.0 Å². The summed E-state index contributed by atoms with van der Waals surface area (Å²) in [4.78, 5) is 16.9. The summed E-state index contributed by atoms with van der Waals surface area (Å²) >= 11 is 4.97. The Balaban J connectivity index is 2.18. The Morgan fingerprint density at radius 3 is 3.00 bits per heavy atom. The van der Waals surface area contributed by atoms with E-state index in [1.807, 2.05) is 12.1 Å². The molecule has 0 aromatic carbocycles. The number of amides is 1. The molecular formula is C10H11BrN2OS. The molecule has 0 radical (unpaired) electrons. The van der Waals surface area contributed by atoms with Crippen LogP contribution in [-0.2, 0) is 4.79 Å². The van der Waals surface area contributed by atoms with Crippen LogP contribution in [0.4, 0.5) is 0 Å². The molecule has 2 rings (SSSR count). The summed E-state index contributed by atoms with van der Waals surface area (Å²) in [7, 11) is 0. The number of hydrogen-bond donors (Lipinski definition) is 1. The summed E-state index contributed by atoms with van der Waals surface area (Å²) in [6.45, 7) is 2.06. The zero-order chi connectivity index (χ0) is 10.8. The van der Waals surface area contributed by atoms with Gasteiger partial charge in [-0.15, -0.1) is 11.3 Å². The van der Waals surface area contributed by atoms with Crippen LogP contribution in [0.3, 0.4) is 0 Å². The number of amidine groups is 1. The average molecular weight is 287 g/mol. The first-order valence-corrected chi connectivity index (χ1v) is 6.46.